The molecule has 0 aliphatic carbocycles. The predicted molar refractivity (Wildman–Crippen MR) is 150 cm³/mol. The highest BCUT2D eigenvalue weighted by molar-refractivity contribution is 7.93. The number of para-hydroxylation sites is 2. The minimum Gasteiger partial charge on any atom is -0.354 e. The summed E-state index contributed by atoms with van der Waals surface area (Å²) in [6.45, 7) is 0. The van der Waals surface area contributed by atoms with Crippen molar-refractivity contribution in [2.75, 3.05) is 10.1 Å². The van der Waals surface area contributed by atoms with Crippen LogP contribution in [0.5, 0.6) is 0 Å². The molecular formula is C27H20ClN5O4S. The Hall–Kier alpha value is -4.67. The fourth-order valence-corrected chi connectivity index (χ4v) is 5.48. The van der Waals surface area contributed by atoms with E-state index < -0.39 is 14.9 Å². The monoisotopic (exact) mass is 545 g/mol. The number of nitro groups is 1. The lowest BCUT2D eigenvalue weighted by Gasteiger charge is -2.13. The number of benzene rings is 4. The number of nitro benzene ring substituents is 1. The van der Waals surface area contributed by atoms with Crippen molar-refractivity contribution in [3.63, 3.8) is 0 Å². The molecule has 38 heavy (non-hydrogen) atoms. The lowest BCUT2D eigenvalue weighted by molar-refractivity contribution is -0.385. The maximum atomic E-state index is 13.3. The van der Waals surface area contributed by atoms with Gasteiger partial charge in [-0.2, -0.15) is 5.10 Å². The molecule has 0 unspecified atom stereocenters. The van der Waals surface area contributed by atoms with E-state index in [0.717, 1.165) is 33.8 Å². The number of sulfonamides is 1. The number of fused-ring (bicyclic) bond motifs is 1. The second kappa shape index (κ2) is 10.4. The third kappa shape index (κ3) is 5.08. The molecule has 0 spiro atoms. The average molecular weight is 546 g/mol. The molecule has 5 rings (SSSR count). The Labute approximate surface area is 223 Å². The van der Waals surface area contributed by atoms with E-state index in [1.54, 1.807) is 18.3 Å². The Bertz CT molecular complexity index is 1790. The van der Waals surface area contributed by atoms with E-state index >= 15 is 0 Å². The van der Waals surface area contributed by atoms with Crippen LogP contribution in [-0.4, -0.2) is 24.5 Å². The van der Waals surface area contributed by atoms with Crippen LogP contribution in [0.2, 0.25) is 5.02 Å². The molecule has 4 aromatic carbocycles. The summed E-state index contributed by atoms with van der Waals surface area (Å²) >= 11 is 6.12. The van der Waals surface area contributed by atoms with Gasteiger partial charge in [-0.15, -0.1) is 0 Å². The molecule has 1 aromatic heterocycles. The van der Waals surface area contributed by atoms with E-state index in [1.807, 2.05) is 54.6 Å². The molecule has 0 fully saturated rings. The normalized spacial score (nSPS) is 11.6. The fourth-order valence-electron chi connectivity index (χ4n) is 3.98. The van der Waals surface area contributed by atoms with Gasteiger partial charge in [0.2, 0.25) is 0 Å². The number of aromatic amines is 1. The van der Waals surface area contributed by atoms with Gasteiger partial charge in [-0.1, -0.05) is 72.3 Å². The Morgan fingerprint density at radius 3 is 2.37 bits per heavy atom. The molecule has 0 radical (unpaired) electrons. The van der Waals surface area contributed by atoms with Gasteiger partial charge in [-0.05, 0) is 29.8 Å². The molecule has 3 N–H and O–H groups in total. The molecule has 0 amide bonds. The zero-order valence-electron chi connectivity index (χ0n) is 19.6. The molecule has 0 bridgehead atoms. The molecule has 190 valence electrons. The molecule has 5 aromatic rings. The van der Waals surface area contributed by atoms with Crippen LogP contribution in [0, 0.1) is 10.1 Å². The Morgan fingerprint density at radius 1 is 0.895 bits per heavy atom. The minimum atomic E-state index is -4.27. The van der Waals surface area contributed by atoms with E-state index in [4.69, 9.17) is 11.6 Å². The topological polar surface area (TPSA) is 129 Å². The van der Waals surface area contributed by atoms with E-state index in [-0.39, 0.29) is 27.0 Å². The molecule has 9 nitrogen and oxygen atoms in total. The number of nitrogens with one attached hydrogen (secondary N) is 3. The largest absolute Gasteiger partial charge is 0.354 e. The maximum absolute atomic E-state index is 13.3. The number of hydrogen-bond acceptors (Lipinski definition) is 6. The van der Waals surface area contributed by atoms with Crippen LogP contribution in [-0.2, 0) is 10.0 Å². The summed E-state index contributed by atoms with van der Waals surface area (Å²) < 4.78 is 28.9. The van der Waals surface area contributed by atoms with Crippen LogP contribution >= 0.6 is 11.6 Å². The number of halogens is 1. The number of nitrogens with zero attached hydrogens (tertiary/aromatic N) is 2. The second-order valence-corrected chi connectivity index (χ2v) is 10.3. The predicted octanol–water partition coefficient (Wildman–Crippen LogP) is 6.64. The van der Waals surface area contributed by atoms with Crippen LogP contribution in [0.4, 0.5) is 17.1 Å². The summed E-state index contributed by atoms with van der Waals surface area (Å²) in [7, 11) is -4.27. The zero-order chi connectivity index (χ0) is 26.7. The smallest absolute Gasteiger partial charge is 0.270 e. The molecule has 0 saturated carbocycles. The summed E-state index contributed by atoms with van der Waals surface area (Å²) in [5, 5.41) is 16.8. The Morgan fingerprint density at radius 2 is 1.61 bits per heavy atom. The third-order valence-corrected chi connectivity index (χ3v) is 7.51. The van der Waals surface area contributed by atoms with E-state index in [2.05, 4.69) is 20.2 Å². The van der Waals surface area contributed by atoms with Gasteiger partial charge >= 0.3 is 0 Å². The zero-order valence-corrected chi connectivity index (χ0v) is 21.2. The Kier molecular flexibility index (Phi) is 6.82. The number of anilines is 2. The van der Waals surface area contributed by atoms with Crippen LogP contribution in [0.25, 0.3) is 22.2 Å². The number of non-ortho nitro benzene ring substituents is 1. The van der Waals surface area contributed by atoms with Crippen LogP contribution in [0.3, 0.4) is 0 Å². The number of hydrogen-bond donors (Lipinski definition) is 3. The molecule has 11 heteroatoms. The van der Waals surface area contributed by atoms with Crippen LogP contribution < -0.4 is 10.1 Å². The highest BCUT2D eigenvalue weighted by Crippen LogP contribution is 2.31. The molecular weight excluding hydrogens is 526 g/mol. The average Bonchev–Trinajstić information content (AvgIpc) is 3.29. The standard InChI is InChI=1S/C27H20ClN5O4S/c28-22-11-5-7-13-24(22)32-38(36,37)26-16-19(33(34)35)14-15-25(26)31-29-17-21-20-10-4-6-12-23(20)30-27(21)18-8-2-1-3-9-18/h1-17,30-32H/b29-17-. The first-order valence-electron chi connectivity index (χ1n) is 11.3. The molecule has 0 aliphatic heterocycles. The SMILES string of the molecule is O=[N+]([O-])c1ccc(N/N=C\c2c(-c3ccccc3)[nH]c3ccccc23)c(S(=O)(=O)Nc2ccccc2Cl)c1. The fraction of sp³-hybridized carbons (Fsp3) is 0. The van der Waals surface area contributed by atoms with Crippen molar-refractivity contribution in [2.24, 2.45) is 5.10 Å². The first-order valence-corrected chi connectivity index (χ1v) is 13.2. The van der Waals surface area contributed by atoms with Crippen molar-refractivity contribution >= 4 is 55.8 Å². The minimum absolute atomic E-state index is 0.0486. The van der Waals surface area contributed by atoms with Crippen molar-refractivity contribution in [1.82, 2.24) is 4.98 Å². The van der Waals surface area contributed by atoms with Gasteiger partial charge in [0.1, 0.15) is 4.90 Å². The van der Waals surface area contributed by atoms with Gasteiger partial charge in [0.25, 0.3) is 15.7 Å². The van der Waals surface area contributed by atoms with Crippen LogP contribution in [0.1, 0.15) is 5.56 Å². The van der Waals surface area contributed by atoms with Crippen molar-refractivity contribution in [2.45, 2.75) is 4.90 Å². The van der Waals surface area contributed by atoms with Crippen molar-refractivity contribution in [3.8, 4) is 11.3 Å². The lowest BCUT2D eigenvalue weighted by atomic mass is 10.1. The molecule has 1 heterocycles. The molecule has 0 atom stereocenters. The number of H-pyrrole nitrogens is 1. The van der Waals surface area contributed by atoms with Gasteiger partial charge in [-0.25, -0.2) is 8.42 Å². The highest BCUT2D eigenvalue weighted by atomic mass is 35.5. The van der Waals surface area contributed by atoms with Crippen molar-refractivity contribution in [3.05, 3.63) is 118 Å². The van der Waals surface area contributed by atoms with Gasteiger partial charge in [0, 0.05) is 28.6 Å². The van der Waals surface area contributed by atoms with E-state index in [0.29, 0.717) is 0 Å². The molecule has 0 aliphatic rings. The summed E-state index contributed by atoms with van der Waals surface area (Å²) in [4.78, 5) is 13.8. The van der Waals surface area contributed by atoms with Gasteiger partial charge in [0.15, 0.2) is 0 Å². The summed E-state index contributed by atoms with van der Waals surface area (Å²) in [5.74, 6) is 0. The van der Waals surface area contributed by atoms with Crippen molar-refractivity contribution < 1.29 is 13.3 Å². The quantitative estimate of drug-likeness (QED) is 0.114. The molecule has 0 saturated heterocycles. The Balaban J connectivity index is 1.53. The number of hydrazone groups is 1. The summed E-state index contributed by atoms with van der Waals surface area (Å²) in [6, 6.07) is 27.2. The summed E-state index contributed by atoms with van der Waals surface area (Å²) in [6.07, 6.45) is 1.58. The number of rotatable bonds is 8. The summed E-state index contributed by atoms with van der Waals surface area (Å²) in [5.41, 5.74) is 6.05. The van der Waals surface area contributed by atoms with Gasteiger partial charge < -0.3 is 4.98 Å². The maximum Gasteiger partial charge on any atom is 0.270 e. The lowest BCUT2D eigenvalue weighted by Crippen LogP contribution is -2.15. The van der Waals surface area contributed by atoms with Gasteiger partial charge in [0.05, 0.1) is 33.2 Å². The van der Waals surface area contributed by atoms with Crippen LogP contribution in [0.15, 0.2) is 107 Å². The first-order chi connectivity index (χ1) is 18.3. The highest BCUT2D eigenvalue weighted by Gasteiger charge is 2.23. The third-order valence-electron chi connectivity index (χ3n) is 5.77. The first kappa shape index (κ1) is 25.0. The second-order valence-electron chi connectivity index (χ2n) is 8.22. The van der Waals surface area contributed by atoms with Gasteiger partial charge in [-0.3, -0.25) is 20.3 Å². The van der Waals surface area contributed by atoms with E-state index in [9.17, 15) is 18.5 Å². The number of aromatic nitrogens is 1. The van der Waals surface area contributed by atoms with Crippen molar-refractivity contribution in [1.29, 1.82) is 0 Å². The van der Waals surface area contributed by atoms with E-state index in [1.165, 1.54) is 24.3 Å².